The maximum absolute atomic E-state index is 11.2. The Labute approximate surface area is 74.2 Å². The summed E-state index contributed by atoms with van der Waals surface area (Å²) in [5, 5.41) is 0.00111. The van der Waals surface area contributed by atoms with Gasteiger partial charge in [0.1, 0.15) is 0 Å². The number of carbonyl (C=O) groups excluding carboxylic acids is 1. The lowest BCUT2D eigenvalue weighted by Gasteiger charge is -2.04. The fourth-order valence-electron chi connectivity index (χ4n) is 1.05. The molecule has 62 valence electrons. The minimum Gasteiger partial charge on any atom is -0.282 e. The third-order valence-corrected chi connectivity index (χ3v) is 2.22. The van der Waals surface area contributed by atoms with Crippen LogP contribution in [0.4, 0.5) is 0 Å². The molecule has 0 saturated carbocycles. The van der Waals surface area contributed by atoms with E-state index < -0.39 is 6.10 Å². The van der Waals surface area contributed by atoms with E-state index in [0.717, 1.165) is 17.5 Å². The minimum absolute atomic E-state index is 0.00111. The van der Waals surface area contributed by atoms with E-state index >= 15 is 0 Å². The fourth-order valence-corrected chi connectivity index (χ4v) is 1.56. The molecule has 1 atom stereocenters. The summed E-state index contributed by atoms with van der Waals surface area (Å²) in [5.74, 6) is 0. The van der Waals surface area contributed by atoms with Crippen molar-refractivity contribution < 1.29 is 9.63 Å². The molecule has 1 unspecified atom stereocenters. The second kappa shape index (κ2) is 3.26. The normalized spacial score (nSPS) is 23.0. The molecule has 1 aliphatic heterocycles. The van der Waals surface area contributed by atoms with Crippen molar-refractivity contribution in [3.05, 3.63) is 35.9 Å². The highest BCUT2D eigenvalue weighted by atomic mass is 32.2. The Morgan fingerprint density at radius 1 is 1.33 bits per heavy atom. The lowest BCUT2D eigenvalue weighted by atomic mass is 10.1. The summed E-state index contributed by atoms with van der Waals surface area (Å²) in [4.78, 5) is 18.7. The molecular formula is C8H7NO2S. The molecule has 4 heteroatoms. The van der Waals surface area contributed by atoms with E-state index in [-0.39, 0.29) is 5.12 Å². The average Bonchev–Trinajstić information content (AvgIpc) is 2.53. The van der Waals surface area contributed by atoms with E-state index in [2.05, 4.69) is 4.89 Å². The molecule has 1 aromatic carbocycles. The van der Waals surface area contributed by atoms with Gasteiger partial charge < -0.3 is 0 Å². The monoisotopic (exact) mass is 181 g/mol. The van der Waals surface area contributed by atoms with Crippen LogP contribution in [0.5, 0.6) is 0 Å². The van der Waals surface area contributed by atoms with Crippen LogP contribution in [0.25, 0.3) is 0 Å². The van der Waals surface area contributed by atoms with Crippen molar-refractivity contribution in [2.24, 2.45) is 0 Å². The van der Waals surface area contributed by atoms with E-state index in [4.69, 9.17) is 4.84 Å². The molecule has 3 nitrogen and oxygen atoms in total. The van der Waals surface area contributed by atoms with Gasteiger partial charge in [-0.2, -0.15) is 0 Å². The zero-order chi connectivity index (χ0) is 8.39. The summed E-state index contributed by atoms with van der Waals surface area (Å²) in [6, 6.07) is 9.42. The van der Waals surface area contributed by atoms with Gasteiger partial charge in [-0.25, -0.2) is 0 Å². The summed E-state index contributed by atoms with van der Waals surface area (Å²) in [6.07, 6.45) is -0.448. The van der Waals surface area contributed by atoms with Crippen LogP contribution >= 0.6 is 11.9 Å². The zero-order valence-corrected chi connectivity index (χ0v) is 7.01. The second-order valence-electron chi connectivity index (χ2n) is 2.41. The predicted molar refractivity (Wildman–Crippen MR) is 46.0 cm³/mol. The largest absolute Gasteiger partial charge is 0.282 e. The van der Waals surface area contributed by atoms with E-state index in [1.165, 1.54) is 0 Å². The van der Waals surface area contributed by atoms with E-state index in [1.54, 1.807) is 0 Å². The van der Waals surface area contributed by atoms with E-state index in [9.17, 15) is 4.79 Å². The number of hydrogen-bond acceptors (Lipinski definition) is 4. The van der Waals surface area contributed by atoms with Gasteiger partial charge in [-0.15, -0.1) is 4.89 Å². The van der Waals surface area contributed by atoms with Crippen LogP contribution in [0.2, 0.25) is 0 Å². The van der Waals surface area contributed by atoms with Crippen LogP contribution in [0.3, 0.4) is 0 Å². The molecule has 0 radical (unpaired) electrons. The zero-order valence-electron chi connectivity index (χ0n) is 6.19. The van der Waals surface area contributed by atoms with Crippen LogP contribution in [-0.2, 0) is 9.63 Å². The molecule has 0 amide bonds. The molecule has 2 rings (SSSR count). The molecule has 0 bridgehead atoms. The van der Waals surface area contributed by atoms with Crippen molar-refractivity contribution in [1.82, 2.24) is 4.89 Å². The summed E-state index contributed by atoms with van der Waals surface area (Å²) >= 11 is 0.989. The lowest BCUT2D eigenvalue weighted by Crippen LogP contribution is -2.05. The third-order valence-electron chi connectivity index (χ3n) is 1.62. The topological polar surface area (TPSA) is 38.3 Å². The Kier molecular flexibility index (Phi) is 2.12. The van der Waals surface area contributed by atoms with E-state index in [1.807, 2.05) is 30.3 Å². The Balaban J connectivity index is 2.25. The smallest absolute Gasteiger partial charge is 0.241 e. The molecule has 0 spiro atoms. The van der Waals surface area contributed by atoms with Crippen molar-refractivity contribution in [1.29, 1.82) is 0 Å². The molecule has 0 aliphatic carbocycles. The molecule has 1 aliphatic rings. The first-order valence-corrected chi connectivity index (χ1v) is 4.36. The Hall–Kier alpha value is -0.840. The van der Waals surface area contributed by atoms with Crippen LogP contribution < -0.4 is 4.89 Å². The molecule has 1 aromatic rings. The number of nitrogens with one attached hydrogen (secondary N) is 1. The summed E-state index contributed by atoms with van der Waals surface area (Å²) in [6.45, 7) is 0. The maximum atomic E-state index is 11.2. The van der Waals surface area contributed by atoms with Crippen LogP contribution in [0, 0.1) is 0 Å². The number of benzene rings is 1. The molecule has 1 N–H and O–H groups in total. The number of rotatable bonds is 1. The highest BCUT2D eigenvalue weighted by Crippen LogP contribution is 2.27. The summed E-state index contributed by atoms with van der Waals surface area (Å²) in [7, 11) is 0. The van der Waals surface area contributed by atoms with Gasteiger partial charge in [0.2, 0.25) is 5.12 Å². The van der Waals surface area contributed by atoms with Gasteiger partial charge in [-0.1, -0.05) is 30.3 Å². The predicted octanol–water partition coefficient (Wildman–Crippen LogP) is 1.44. The van der Waals surface area contributed by atoms with Crippen LogP contribution in [-0.4, -0.2) is 5.12 Å². The van der Waals surface area contributed by atoms with Gasteiger partial charge in [0.25, 0.3) is 0 Å². The van der Waals surface area contributed by atoms with Gasteiger partial charge in [0, 0.05) is 11.9 Å². The van der Waals surface area contributed by atoms with Gasteiger partial charge in [0.05, 0.1) is 0 Å². The Morgan fingerprint density at radius 2 is 2.08 bits per heavy atom. The molecule has 1 fully saturated rings. The van der Waals surface area contributed by atoms with Gasteiger partial charge >= 0.3 is 0 Å². The first kappa shape index (κ1) is 7.79. The number of carbonyl (C=O) groups is 1. The Morgan fingerprint density at radius 3 is 2.67 bits per heavy atom. The van der Waals surface area contributed by atoms with Crippen molar-refractivity contribution in [2.45, 2.75) is 6.10 Å². The van der Waals surface area contributed by atoms with Crippen LogP contribution in [0.1, 0.15) is 11.7 Å². The molecule has 1 saturated heterocycles. The van der Waals surface area contributed by atoms with Crippen molar-refractivity contribution in [3.63, 3.8) is 0 Å². The van der Waals surface area contributed by atoms with Gasteiger partial charge in [-0.05, 0) is 5.56 Å². The number of hydrogen-bond donors (Lipinski definition) is 1. The van der Waals surface area contributed by atoms with Gasteiger partial charge in [-0.3, -0.25) is 9.63 Å². The first-order chi connectivity index (χ1) is 5.88. The van der Waals surface area contributed by atoms with Crippen molar-refractivity contribution in [2.75, 3.05) is 0 Å². The molecule has 1 heterocycles. The van der Waals surface area contributed by atoms with E-state index in [0.29, 0.717) is 0 Å². The lowest BCUT2D eigenvalue weighted by molar-refractivity contribution is -0.120. The molecule has 12 heavy (non-hydrogen) atoms. The van der Waals surface area contributed by atoms with Crippen molar-refractivity contribution in [3.8, 4) is 0 Å². The average molecular weight is 181 g/mol. The second-order valence-corrected chi connectivity index (χ2v) is 3.19. The quantitative estimate of drug-likeness (QED) is 0.665. The maximum Gasteiger partial charge on any atom is 0.241 e. The summed E-state index contributed by atoms with van der Waals surface area (Å²) in [5.41, 5.74) is 0.889. The SMILES string of the molecule is O=C1SNOC1c1ccccc1. The molecule has 0 aromatic heterocycles. The highest BCUT2D eigenvalue weighted by molar-refractivity contribution is 8.12. The molecular weight excluding hydrogens is 174 g/mol. The first-order valence-electron chi connectivity index (χ1n) is 3.54. The van der Waals surface area contributed by atoms with Crippen molar-refractivity contribution >= 4 is 17.1 Å². The van der Waals surface area contributed by atoms with Gasteiger partial charge in [0.15, 0.2) is 6.10 Å². The Bertz CT molecular complexity index is 288. The minimum atomic E-state index is -0.448. The third kappa shape index (κ3) is 1.36. The standard InChI is InChI=1S/C8H7NO2S/c10-8-7(11-9-12-8)6-4-2-1-3-5-6/h1-5,7,9H. The summed E-state index contributed by atoms with van der Waals surface area (Å²) < 4.78 is 0. The van der Waals surface area contributed by atoms with Crippen LogP contribution in [0.15, 0.2) is 30.3 Å². The highest BCUT2D eigenvalue weighted by Gasteiger charge is 2.28. The fraction of sp³-hybridized carbons (Fsp3) is 0.125.